The Balaban J connectivity index is 2.36. The van der Waals surface area contributed by atoms with Gasteiger partial charge in [0.05, 0.1) is 10.4 Å². The van der Waals surface area contributed by atoms with Gasteiger partial charge < -0.3 is 10.3 Å². The third kappa shape index (κ3) is 2.14. The zero-order valence-corrected chi connectivity index (χ0v) is 10.6. The van der Waals surface area contributed by atoms with Crippen LogP contribution < -0.4 is 5.73 Å². The Hall–Kier alpha value is -0.840. The number of hydrogen-bond acceptors (Lipinski definition) is 3. The summed E-state index contributed by atoms with van der Waals surface area (Å²) < 4.78 is 2.92. The number of nitrogens with two attached hydrogens (primary N) is 1. The van der Waals surface area contributed by atoms with Crippen LogP contribution in [0.4, 0.5) is 0 Å². The topological polar surface area (TPSA) is 43.8 Å². The van der Waals surface area contributed by atoms with Crippen molar-refractivity contribution in [2.75, 3.05) is 6.54 Å². The lowest BCUT2D eigenvalue weighted by molar-refractivity contribution is 0.577. The van der Waals surface area contributed by atoms with E-state index < -0.39 is 0 Å². The number of rotatable bonds is 4. The Morgan fingerprint density at radius 2 is 2.38 bits per heavy atom. The highest BCUT2D eigenvalue weighted by atomic mass is 35.5. The number of aryl methyl sites for hydroxylation is 1. The van der Waals surface area contributed by atoms with Crippen molar-refractivity contribution in [3.63, 3.8) is 0 Å². The van der Waals surface area contributed by atoms with Gasteiger partial charge in [0, 0.05) is 30.2 Å². The van der Waals surface area contributed by atoms with Crippen molar-refractivity contribution in [3.8, 4) is 0 Å². The van der Waals surface area contributed by atoms with E-state index in [9.17, 15) is 0 Å². The monoisotopic (exact) mass is 255 g/mol. The fourth-order valence-corrected chi connectivity index (χ4v) is 2.95. The Morgan fingerprint density at radius 3 is 2.94 bits per heavy atom. The van der Waals surface area contributed by atoms with Gasteiger partial charge in [0.25, 0.3) is 0 Å². The van der Waals surface area contributed by atoms with Crippen molar-refractivity contribution in [3.05, 3.63) is 39.6 Å². The largest absolute Gasteiger partial charge is 0.328 e. The second-order valence-corrected chi connectivity index (χ2v) is 5.24. The van der Waals surface area contributed by atoms with Gasteiger partial charge in [-0.1, -0.05) is 18.5 Å². The van der Waals surface area contributed by atoms with Crippen LogP contribution in [-0.2, 0) is 6.42 Å². The number of halogens is 1. The molecule has 2 heterocycles. The van der Waals surface area contributed by atoms with Gasteiger partial charge >= 0.3 is 0 Å². The van der Waals surface area contributed by atoms with Gasteiger partial charge in [-0.3, -0.25) is 0 Å². The summed E-state index contributed by atoms with van der Waals surface area (Å²) >= 11 is 7.52. The third-order valence-corrected chi connectivity index (χ3v) is 3.88. The summed E-state index contributed by atoms with van der Waals surface area (Å²) in [4.78, 5) is 5.50. The van der Waals surface area contributed by atoms with Crippen LogP contribution in [0.2, 0.25) is 4.34 Å². The fourth-order valence-electron chi connectivity index (χ4n) is 1.78. The summed E-state index contributed by atoms with van der Waals surface area (Å²) in [7, 11) is 0. The number of nitrogens with zero attached hydrogens (tertiary/aromatic N) is 2. The van der Waals surface area contributed by atoms with Gasteiger partial charge in [-0.2, -0.15) is 0 Å². The first kappa shape index (κ1) is 11.6. The van der Waals surface area contributed by atoms with Crippen LogP contribution in [-0.4, -0.2) is 16.1 Å². The Bertz CT molecular complexity index is 463. The van der Waals surface area contributed by atoms with E-state index in [0.717, 1.165) is 16.6 Å². The molecule has 0 saturated heterocycles. The van der Waals surface area contributed by atoms with E-state index in [0.29, 0.717) is 6.54 Å². The molecule has 0 spiro atoms. The van der Waals surface area contributed by atoms with Crippen LogP contribution in [0.25, 0.3) is 0 Å². The van der Waals surface area contributed by atoms with Crippen LogP contribution in [0.3, 0.4) is 0 Å². The Labute approximate surface area is 104 Å². The molecule has 0 amide bonds. The molecular weight excluding hydrogens is 242 g/mol. The summed E-state index contributed by atoms with van der Waals surface area (Å²) in [6, 6.07) is 4.09. The van der Waals surface area contributed by atoms with E-state index in [-0.39, 0.29) is 6.04 Å². The van der Waals surface area contributed by atoms with Crippen LogP contribution in [0, 0.1) is 0 Å². The Kier molecular flexibility index (Phi) is 3.63. The highest BCUT2D eigenvalue weighted by Gasteiger charge is 2.16. The normalized spacial score (nSPS) is 12.9. The minimum absolute atomic E-state index is 0.148. The molecule has 16 heavy (non-hydrogen) atoms. The maximum absolute atomic E-state index is 5.95. The predicted molar refractivity (Wildman–Crippen MR) is 68.1 cm³/mol. The lowest BCUT2D eigenvalue weighted by Gasteiger charge is -2.17. The first-order valence-electron chi connectivity index (χ1n) is 5.23. The molecule has 2 N–H and O–H groups in total. The lowest BCUT2D eigenvalue weighted by Crippen LogP contribution is -2.20. The summed E-state index contributed by atoms with van der Waals surface area (Å²) in [6.07, 6.45) is 4.70. The van der Waals surface area contributed by atoms with Crippen LogP contribution in [0.15, 0.2) is 24.5 Å². The molecule has 1 unspecified atom stereocenters. The van der Waals surface area contributed by atoms with E-state index in [4.69, 9.17) is 17.3 Å². The quantitative estimate of drug-likeness (QED) is 0.913. The van der Waals surface area contributed by atoms with Crippen LogP contribution in [0.1, 0.15) is 23.7 Å². The summed E-state index contributed by atoms with van der Waals surface area (Å²) in [5, 5.41) is 0. The molecule has 1 atom stereocenters. The zero-order valence-electron chi connectivity index (χ0n) is 9.06. The van der Waals surface area contributed by atoms with Gasteiger partial charge in [0.2, 0.25) is 0 Å². The molecule has 0 aromatic carbocycles. The zero-order chi connectivity index (χ0) is 11.5. The molecular formula is C11H14ClN3S. The lowest BCUT2D eigenvalue weighted by atomic mass is 10.2. The number of thiophene rings is 1. The number of aromatic nitrogens is 2. The standard InChI is InChI=1S/C11H14ClN3S/c1-2-11-14-5-6-15(11)8(7-13)9-3-4-10(12)16-9/h3-6,8H,2,7,13H2,1H3. The van der Waals surface area contributed by atoms with Crippen molar-refractivity contribution in [2.24, 2.45) is 5.73 Å². The second-order valence-electron chi connectivity index (χ2n) is 3.50. The average Bonchev–Trinajstić information content (AvgIpc) is 2.89. The van der Waals surface area contributed by atoms with E-state index in [1.807, 2.05) is 24.5 Å². The van der Waals surface area contributed by atoms with Gasteiger partial charge in [-0.15, -0.1) is 11.3 Å². The summed E-state index contributed by atoms with van der Waals surface area (Å²) in [5.41, 5.74) is 5.84. The molecule has 0 saturated carbocycles. The predicted octanol–water partition coefficient (Wildman–Crippen LogP) is 2.71. The first-order chi connectivity index (χ1) is 7.76. The molecule has 0 radical (unpaired) electrons. The summed E-state index contributed by atoms with van der Waals surface area (Å²) in [6.45, 7) is 2.65. The van der Waals surface area contributed by atoms with E-state index in [1.54, 1.807) is 11.3 Å². The maximum atomic E-state index is 5.95. The molecule has 86 valence electrons. The molecule has 0 bridgehead atoms. The van der Waals surface area contributed by atoms with Gasteiger partial charge in [-0.05, 0) is 12.1 Å². The molecule has 0 aliphatic heterocycles. The van der Waals surface area contributed by atoms with Gasteiger partial charge in [0.1, 0.15) is 5.82 Å². The van der Waals surface area contributed by atoms with E-state index in [1.165, 1.54) is 4.88 Å². The van der Waals surface area contributed by atoms with Crippen molar-refractivity contribution in [1.82, 2.24) is 9.55 Å². The number of imidazole rings is 1. The Morgan fingerprint density at radius 1 is 1.56 bits per heavy atom. The van der Waals surface area contributed by atoms with Gasteiger partial charge in [0.15, 0.2) is 0 Å². The first-order valence-corrected chi connectivity index (χ1v) is 6.42. The molecule has 3 nitrogen and oxygen atoms in total. The maximum Gasteiger partial charge on any atom is 0.108 e. The smallest absolute Gasteiger partial charge is 0.108 e. The van der Waals surface area contributed by atoms with Gasteiger partial charge in [-0.25, -0.2) is 4.98 Å². The number of hydrogen-bond donors (Lipinski definition) is 1. The SMILES string of the molecule is CCc1nccn1C(CN)c1ccc(Cl)s1. The second kappa shape index (κ2) is 4.99. The fraction of sp³-hybridized carbons (Fsp3) is 0.364. The molecule has 5 heteroatoms. The van der Waals surface area contributed by atoms with E-state index in [2.05, 4.69) is 16.5 Å². The van der Waals surface area contributed by atoms with Crippen molar-refractivity contribution < 1.29 is 0 Å². The minimum Gasteiger partial charge on any atom is -0.328 e. The van der Waals surface area contributed by atoms with Crippen molar-refractivity contribution in [2.45, 2.75) is 19.4 Å². The van der Waals surface area contributed by atoms with E-state index >= 15 is 0 Å². The molecule has 2 rings (SSSR count). The van der Waals surface area contributed by atoms with Crippen LogP contribution >= 0.6 is 22.9 Å². The molecule has 0 fully saturated rings. The van der Waals surface area contributed by atoms with Crippen LogP contribution in [0.5, 0.6) is 0 Å². The molecule has 0 aliphatic carbocycles. The highest BCUT2D eigenvalue weighted by Crippen LogP contribution is 2.29. The highest BCUT2D eigenvalue weighted by molar-refractivity contribution is 7.16. The molecule has 2 aromatic rings. The molecule has 2 aromatic heterocycles. The summed E-state index contributed by atoms with van der Waals surface area (Å²) in [5.74, 6) is 1.06. The van der Waals surface area contributed by atoms with Crippen molar-refractivity contribution in [1.29, 1.82) is 0 Å². The minimum atomic E-state index is 0.148. The molecule has 0 aliphatic rings. The van der Waals surface area contributed by atoms with Crippen molar-refractivity contribution >= 4 is 22.9 Å². The average molecular weight is 256 g/mol. The third-order valence-electron chi connectivity index (χ3n) is 2.55.